The Labute approximate surface area is 62.6 Å². The van der Waals surface area contributed by atoms with E-state index in [-0.39, 0.29) is 0 Å². The molecule has 11 heavy (non-hydrogen) atoms. The second-order valence-electron chi connectivity index (χ2n) is 2.10. The number of carbonyl (C=O) groups is 1. The average Bonchev–Trinajstić information content (AvgIpc) is 1.53. The molecular formula is C4H9O6P. The largest absolute Gasteiger partial charge is 0.481 e. The van der Waals surface area contributed by atoms with Crippen molar-refractivity contribution in [2.24, 2.45) is 0 Å². The van der Waals surface area contributed by atoms with Crippen LogP contribution in [-0.2, 0) is 9.36 Å². The molecule has 6 nitrogen and oxygen atoms in total. The van der Waals surface area contributed by atoms with E-state index in [1.165, 1.54) is 0 Å². The molecule has 0 aromatic rings. The Bertz CT molecular complexity index is 183. The second kappa shape index (κ2) is 3.82. The van der Waals surface area contributed by atoms with E-state index in [0.29, 0.717) is 0 Å². The van der Waals surface area contributed by atoms with Crippen LogP contribution in [-0.4, -0.2) is 38.2 Å². The van der Waals surface area contributed by atoms with Crippen LogP contribution in [0.4, 0.5) is 0 Å². The quantitative estimate of drug-likeness (QED) is 0.416. The molecular weight excluding hydrogens is 175 g/mol. The average molecular weight is 184 g/mol. The summed E-state index contributed by atoms with van der Waals surface area (Å²) < 4.78 is 10.2. The molecule has 0 fully saturated rings. The van der Waals surface area contributed by atoms with Gasteiger partial charge in [0.05, 0.1) is 18.7 Å². The molecule has 0 aliphatic carbocycles. The lowest BCUT2D eigenvalue weighted by molar-refractivity contribution is -0.138. The molecule has 1 atom stereocenters. The molecule has 0 bridgehead atoms. The summed E-state index contributed by atoms with van der Waals surface area (Å²) in [6.07, 6.45) is -2.93. The maximum atomic E-state index is 10.2. The molecule has 0 radical (unpaired) electrons. The van der Waals surface area contributed by atoms with E-state index >= 15 is 0 Å². The number of aliphatic hydroxyl groups is 1. The summed E-state index contributed by atoms with van der Waals surface area (Å²) in [5.74, 6) is -1.29. The standard InChI is InChI=1S/C4H9O6P/c5-3(1-4(6)7)2-11(8,9)10/h3,5H,1-2H2,(H,6,7)(H2,8,9,10)/t3-/m1/s1. The van der Waals surface area contributed by atoms with Gasteiger partial charge in [-0.25, -0.2) is 0 Å². The van der Waals surface area contributed by atoms with Gasteiger partial charge in [0, 0.05) is 0 Å². The van der Waals surface area contributed by atoms with E-state index in [1.54, 1.807) is 0 Å². The summed E-state index contributed by atoms with van der Waals surface area (Å²) in [4.78, 5) is 26.4. The zero-order chi connectivity index (χ0) is 9.07. The number of aliphatic hydroxyl groups excluding tert-OH is 1. The van der Waals surface area contributed by atoms with Crippen molar-refractivity contribution in [2.75, 3.05) is 6.16 Å². The Morgan fingerprint density at radius 3 is 2.18 bits per heavy atom. The summed E-state index contributed by atoms with van der Waals surface area (Å²) in [7, 11) is -4.29. The van der Waals surface area contributed by atoms with Gasteiger partial charge in [0.2, 0.25) is 0 Å². The number of hydrogen-bond acceptors (Lipinski definition) is 3. The van der Waals surface area contributed by atoms with E-state index < -0.39 is 32.3 Å². The van der Waals surface area contributed by atoms with Crippen molar-refractivity contribution in [1.29, 1.82) is 0 Å². The van der Waals surface area contributed by atoms with E-state index in [9.17, 15) is 9.36 Å². The fraction of sp³-hybridized carbons (Fsp3) is 0.750. The third kappa shape index (κ3) is 7.48. The van der Waals surface area contributed by atoms with Gasteiger partial charge in [-0.3, -0.25) is 9.36 Å². The molecule has 0 saturated carbocycles. The van der Waals surface area contributed by atoms with Crippen LogP contribution in [0.3, 0.4) is 0 Å². The fourth-order valence-corrected chi connectivity index (χ4v) is 1.22. The molecule has 0 aliphatic heterocycles. The molecule has 4 N–H and O–H groups in total. The lowest BCUT2D eigenvalue weighted by Crippen LogP contribution is -2.17. The predicted octanol–water partition coefficient (Wildman–Crippen LogP) is -1.00. The van der Waals surface area contributed by atoms with Gasteiger partial charge >= 0.3 is 13.6 Å². The van der Waals surface area contributed by atoms with Gasteiger partial charge in [-0.05, 0) is 0 Å². The van der Waals surface area contributed by atoms with Crippen LogP contribution in [0.25, 0.3) is 0 Å². The summed E-state index contributed by atoms with van der Waals surface area (Å²) >= 11 is 0. The zero-order valence-corrected chi connectivity index (χ0v) is 6.44. The van der Waals surface area contributed by atoms with Crippen LogP contribution in [0.15, 0.2) is 0 Å². The van der Waals surface area contributed by atoms with Gasteiger partial charge in [-0.1, -0.05) is 0 Å². The Morgan fingerprint density at radius 1 is 1.45 bits per heavy atom. The molecule has 0 rings (SSSR count). The van der Waals surface area contributed by atoms with Crippen LogP contribution in [0.2, 0.25) is 0 Å². The Kier molecular flexibility index (Phi) is 3.68. The Morgan fingerprint density at radius 2 is 1.91 bits per heavy atom. The first-order valence-electron chi connectivity index (χ1n) is 2.75. The van der Waals surface area contributed by atoms with E-state index in [1.807, 2.05) is 0 Å². The van der Waals surface area contributed by atoms with Crippen LogP contribution < -0.4 is 0 Å². The highest BCUT2D eigenvalue weighted by atomic mass is 31.2. The number of carboxylic acid groups (broad SMARTS) is 1. The van der Waals surface area contributed by atoms with Crippen molar-refractivity contribution in [3.8, 4) is 0 Å². The number of carboxylic acids is 1. The van der Waals surface area contributed by atoms with Crippen LogP contribution in [0, 0.1) is 0 Å². The lowest BCUT2D eigenvalue weighted by atomic mass is 10.3. The first kappa shape index (κ1) is 10.6. The summed E-state index contributed by atoms with van der Waals surface area (Å²) in [5, 5.41) is 16.7. The zero-order valence-electron chi connectivity index (χ0n) is 5.54. The molecule has 0 amide bonds. The van der Waals surface area contributed by atoms with Gasteiger partial charge < -0.3 is 20.0 Å². The topological polar surface area (TPSA) is 115 Å². The molecule has 0 aromatic carbocycles. The summed E-state index contributed by atoms with van der Waals surface area (Å²) in [6.45, 7) is 0. The van der Waals surface area contributed by atoms with E-state index in [4.69, 9.17) is 20.0 Å². The molecule has 0 saturated heterocycles. The fourth-order valence-electron chi connectivity index (χ4n) is 0.541. The maximum absolute atomic E-state index is 10.2. The van der Waals surface area contributed by atoms with Crippen molar-refractivity contribution >= 4 is 13.6 Å². The van der Waals surface area contributed by atoms with Gasteiger partial charge in [0.15, 0.2) is 0 Å². The van der Waals surface area contributed by atoms with E-state index in [2.05, 4.69) is 0 Å². The van der Waals surface area contributed by atoms with Crippen LogP contribution in [0.5, 0.6) is 0 Å². The van der Waals surface area contributed by atoms with E-state index in [0.717, 1.165) is 0 Å². The normalized spacial score (nSPS) is 14.5. The molecule has 0 aromatic heterocycles. The minimum absolute atomic E-state index is 0.648. The highest BCUT2D eigenvalue weighted by Gasteiger charge is 2.21. The molecule has 0 unspecified atom stereocenters. The second-order valence-corrected chi connectivity index (χ2v) is 3.79. The van der Waals surface area contributed by atoms with Crippen molar-refractivity contribution in [3.63, 3.8) is 0 Å². The predicted molar refractivity (Wildman–Crippen MR) is 35.2 cm³/mol. The first-order chi connectivity index (χ1) is 4.81. The Hall–Kier alpha value is -0.420. The molecule has 0 heterocycles. The van der Waals surface area contributed by atoms with Crippen LogP contribution >= 0.6 is 7.60 Å². The molecule has 66 valence electrons. The van der Waals surface area contributed by atoms with Crippen LogP contribution in [0.1, 0.15) is 6.42 Å². The first-order valence-corrected chi connectivity index (χ1v) is 4.55. The minimum Gasteiger partial charge on any atom is -0.481 e. The Balaban J connectivity index is 3.79. The van der Waals surface area contributed by atoms with Crippen molar-refractivity contribution in [1.82, 2.24) is 0 Å². The highest BCUT2D eigenvalue weighted by molar-refractivity contribution is 7.51. The molecule has 7 heteroatoms. The summed E-state index contributed by atoms with van der Waals surface area (Å²) in [6, 6.07) is 0. The van der Waals surface area contributed by atoms with Gasteiger partial charge in [0.1, 0.15) is 0 Å². The maximum Gasteiger partial charge on any atom is 0.328 e. The number of aliphatic carboxylic acids is 1. The highest BCUT2D eigenvalue weighted by Crippen LogP contribution is 2.35. The summed E-state index contributed by atoms with van der Waals surface area (Å²) in [5.41, 5.74) is 0. The number of hydrogen-bond donors (Lipinski definition) is 4. The SMILES string of the molecule is O=C(O)C[C@@H](O)CP(=O)(O)O. The third-order valence-corrected chi connectivity index (χ3v) is 1.76. The third-order valence-electron chi connectivity index (χ3n) is 0.859. The van der Waals surface area contributed by atoms with Crippen molar-refractivity contribution in [2.45, 2.75) is 12.5 Å². The smallest absolute Gasteiger partial charge is 0.328 e. The van der Waals surface area contributed by atoms with Gasteiger partial charge in [-0.2, -0.15) is 0 Å². The molecule has 0 spiro atoms. The monoisotopic (exact) mass is 184 g/mol. The lowest BCUT2D eigenvalue weighted by Gasteiger charge is -2.07. The van der Waals surface area contributed by atoms with Crippen molar-refractivity contribution in [3.05, 3.63) is 0 Å². The minimum atomic E-state index is -4.29. The number of rotatable bonds is 4. The van der Waals surface area contributed by atoms with Gasteiger partial charge in [0.25, 0.3) is 0 Å². The molecule has 0 aliphatic rings. The van der Waals surface area contributed by atoms with Gasteiger partial charge in [-0.15, -0.1) is 0 Å². The van der Waals surface area contributed by atoms with Crippen molar-refractivity contribution < 1.29 is 29.4 Å².